The van der Waals surface area contributed by atoms with E-state index >= 15 is 0 Å². The Bertz CT molecular complexity index is 554. The van der Waals surface area contributed by atoms with Gasteiger partial charge in [0.15, 0.2) is 0 Å². The van der Waals surface area contributed by atoms with E-state index in [1.807, 2.05) is 0 Å². The number of methoxy groups -OCH3 is 1. The second kappa shape index (κ2) is 4.94. The monoisotopic (exact) mass is 302 g/mol. The lowest BCUT2D eigenvalue weighted by atomic mass is 9.56. The maximum absolute atomic E-state index is 5.41. The molecule has 4 rings (SSSR count). The summed E-state index contributed by atoms with van der Waals surface area (Å²) < 4.78 is 5.41. The molecule has 1 nitrogen and oxygen atoms in total. The van der Waals surface area contributed by atoms with Crippen LogP contribution in [0.1, 0.15) is 56.1 Å². The number of ether oxygens (including phenoxy) is 1. The van der Waals surface area contributed by atoms with Gasteiger partial charge >= 0.3 is 0 Å². The number of hydrogen-bond donors (Lipinski definition) is 1. The topological polar surface area (TPSA) is 9.23 Å². The minimum atomic E-state index is 0.494. The fraction of sp³-hybridized carbons (Fsp3) is 0.684. The Labute approximate surface area is 133 Å². The average molecular weight is 302 g/mol. The van der Waals surface area contributed by atoms with E-state index in [0.717, 1.165) is 23.5 Å². The Balaban J connectivity index is 1.68. The molecule has 0 spiro atoms. The van der Waals surface area contributed by atoms with Crippen LogP contribution in [0.25, 0.3) is 0 Å². The Morgan fingerprint density at radius 2 is 2.05 bits per heavy atom. The summed E-state index contributed by atoms with van der Waals surface area (Å²) in [6, 6.07) is 6.78. The van der Waals surface area contributed by atoms with Gasteiger partial charge in [-0.05, 0) is 85.0 Å². The molecule has 0 radical (unpaired) electrons. The van der Waals surface area contributed by atoms with Crippen LogP contribution in [0.5, 0.6) is 5.75 Å². The molecule has 0 aromatic heterocycles. The van der Waals surface area contributed by atoms with Gasteiger partial charge < -0.3 is 4.74 Å². The first-order chi connectivity index (χ1) is 10.1. The molecule has 21 heavy (non-hydrogen) atoms. The molecular formula is C19H26OS. The van der Waals surface area contributed by atoms with Crippen LogP contribution in [0.3, 0.4) is 0 Å². The van der Waals surface area contributed by atoms with Crippen molar-refractivity contribution >= 4 is 12.6 Å². The second-order valence-corrected chi connectivity index (χ2v) is 8.24. The number of thiol groups is 1. The van der Waals surface area contributed by atoms with Crippen molar-refractivity contribution in [1.82, 2.24) is 0 Å². The molecule has 0 N–H and O–H groups in total. The molecule has 0 aliphatic heterocycles. The lowest BCUT2D eigenvalue weighted by Crippen LogP contribution is -2.42. The quantitative estimate of drug-likeness (QED) is 0.730. The van der Waals surface area contributed by atoms with Crippen LogP contribution < -0.4 is 4.74 Å². The first-order valence-electron chi connectivity index (χ1n) is 8.48. The van der Waals surface area contributed by atoms with Crippen molar-refractivity contribution < 1.29 is 4.74 Å². The van der Waals surface area contributed by atoms with Gasteiger partial charge in [0.1, 0.15) is 5.75 Å². The van der Waals surface area contributed by atoms with E-state index in [-0.39, 0.29) is 0 Å². The smallest absolute Gasteiger partial charge is 0.119 e. The lowest BCUT2D eigenvalue weighted by molar-refractivity contribution is 0.0633. The van der Waals surface area contributed by atoms with Gasteiger partial charge in [0, 0.05) is 5.25 Å². The summed E-state index contributed by atoms with van der Waals surface area (Å²) in [6.07, 6.45) is 8.04. The number of aryl methyl sites for hydroxylation is 1. The predicted molar refractivity (Wildman–Crippen MR) is 90.4 cm³/mol. The van der Waals surface area contributed by atoms with Gasteiger partial charge in [-0.2, -0.15) is 12.6 Å². The van der Waals surface area contributed by atoms with E-state index < -0.39 is 0 Å². The number of hydrogen-bond acceptors (Lipinski definition) is 2. The summed E-state index contributed by atoms with van der Waals surface area (Å²) in [5, 5.41) is 0.626. The maximum atomic E-state index is 5.41. The summed E-state index contributed by atoms with van der Waals surface area (Å²) in [6.45, 7) is 2.52. The Kier molecular flexibility index (Phi) is 3.29. The van der Waals surface area contributed by atoms with Crippen molar-refractivity contribution in [3.05, 3.63) is 29.3 Å². The highest BCUT2D eigenvalue weighted by Crippen LogP contribution is 2.62. The standard InChI is InChI=1S/C19H26OS/c1-19-10-9-15-14-6-4-13(20-2)11-12(14)3-5-16(15)17(19)7-8-18(19)21/h4,6,11,15-18,21H,3,5,7-10H2,1-2H3/t15-,16+,17+,18+,19-/m1/s1. The molecule has 0 saturated heterocycles. The second-order valence-electron chi connectivity index (χ2n) is 7.62. The van der Waals surface area contributed by atoms with Gasteiger partial charge in [-0.25, -0.2) is 0 Å². The van der Waals surface area contributed by atoms with Crippen LogP contribution in [0.2, 0.25) is 0 Å². The maximum Gasteiger partial charge on any atom is 0.119 e. The highest BCUT2D eigenvalue weighted by Gasteiger charge is 2.53. The van der Waals surface area contributed by atoms with Crippen LogP contribution in [-0.4, -0.2) is 12.4 Å². The van der Waals surface area contributed by atoms with Gasteiger partial charge in [0.25, 0.3) is 0 Å². The molecule has 5 atom stereocenters. The summed E-state index contributed by atoms with van der Waals surface area (Å²) in [4.78, 5) is 0. The van der Waals surface area contributed by atoms with E-state index in [2.05, 4.69) is 25.1 Å². The largest absolute Gasteiger partial charge is 0.497 e. The third kappa shape index (κ3) is 1.98. The Morgan fingerprint density at radius 1 is 1.19 bits per heavy atom. The first-order valence-corrected chi connectivity index (χ1v) is 9.00. The molecule has 1 aromatic rings. The highest BCUT2D eigenvalue weighted by atomic mass is 32.1. The molecule has 0 heterocycles. The van der Waals surface area contributed by atoms with Crippen molar-refractivity contribution in [3.63, 3.8) is 0 Å². The van der Waals surface area contributed by atoms with Crippen molar-refractivity contribution in [2.24, 2.45) is 17.3 Å². The first kappa shape index (κ1) is 14.0. The summed E-state index contributed by atoms with van der Waals surface area (Å²) >= 11 is 4.92. The van der Waals surface area contributed by atoms with Gasteiger partial charge in [0.05, 0.1) is 7.11 Å². The Morgan fingerprint density at radius 3 is 2.86 bits per heavy atom. The van der Waals surface area contributed by atoms with Gasteiger partial charge in [-0.15, -0.1) is 0 Å². The molecule has 0 bridgehead atoms. The van der Waals surface area contributed by atoms with E-state index in [0.29, 0.717) is 10.7 Å². The zero-order chi connectivity index (χ0) is 14.6. The van der Waals surface area contributed by atoms with E-state index in [9.17, 15) is 0 Å². The number of benzene rings is 1. The lowest BCUT2D eigenvalue weighted by Gasteiger charge is -2.50. The number of rotatable bonds is 1. The Hall–Kier alpha value is -0.630. The molecule has 2 heteroatoms. The third-order valence-corrected chi connectivity index (χ3v) is 7.73. The van der Waals surface area contributed by atoms with Gasteiger partial charge in [0.2, 0.25) is 0 Å². The van der Waals surface area contributed by atoms with Gasteiger partial charge in [-0.3, -0.25) is 0 Å². The zero-order valence-corrected chi connectivity index (χ0v) is 14.0. The van der Waals surface area contributed by atoms with Crippen LogP contribution in [0, 0.1) is 17.3 Å². The summed E-state index contributed by atoms with van der Waals surface area (Å²) in [5.74, 6) is 3.59. The third-order valence-electron chi connectivity index (χ3n) is 6.88. The molecule has 3 aliphatic rings. The minimum absolute atomic E-state index is 0.494. The molecular weight excluding hydrogens is 276 g/mol. The van der Waals surface area contributed by atoms with Gasteiger partial charge in [-0.1, -0.05) is 13.0 Å². The van der Waals surface area contributed by atoms with E-state index in [1.165, 1.54) is 38.5 Å². The van der Waals surface area contributed by atoms with Crippen LogP contribution in [-0.2, 0) is 6.42 Å². The normalized spacial score (nSPS) is 41.1. The molecule has 3 aliphatic carbocycles. The minimum Gasteiger partial charge on any atom is -0.497 e. The molecule has 0 unspecified atom stereocenters. The highest BCUT2D eigenvalue weighted by molar-refractivity contribution is 7.81. The van der Waals surface area contributed by atoms with Crippen LogP contribution in [0.4, 0.5) is 0 Å². The molecule has 2 saturated carbocycles. The van der Waals surface area contributed by atoms with Crippen LogP contribution >= 0.6 is 12.6 Å². The molecule has 2 fully saturated rings. The fourth-order valence-corrected chi connectivity index (χ4v) is 6.13. The van der Waals surface area contributed by atoms with Crippen LogP contribution in [0.15, 0.2) is 18.2 Å². The summed E-state index contributed by atoms with van der Waals surface area (Å²) in [5.41, 5.74) is 3.66. The van der Waals surface area contributed by atoms with Crippen molar-refractivity contribution in [2.75, 3.05) is 7.11 Å². The average Bonchev–Trinajstić information content (AvgIpc) is 2.82. The number of fused-ring (bicyclic) bond motifs is 5. The molecule has 114 valence electrons. The predicted octanol–water partition coefficient (Wildman–Crippen LogP) is 4.85. The van der Waals surface area contributed by atoms with Crippen molar-refractivity contribution in [3.8, 4) is 5.75 Å². The zero-order valence-electron chi connectivity index (χ0n) is 13.1. The van der Waals surface area contributed by atoms with E-state index in [1.54, 1.807) is 18.2 Å². The van der Waals surface area contributed by atoms with E-state index in [4.69, 9.17) is 17.4 Å². The van der Waals surface area contributed by atoms with Crippen molar-refractivity contribution in [1.29, 1.82) is 0 Å². The van der Waals surface area contributed by atoms with Crippen molar-refractivity contribution in [2.45, 2.75) is 56.6 Å². The SMILES string of the molecule is COc1ccc2c(c1)CC[C@H]1[C@@H]2CC[C@@]2(C)[C@@H](S)CC[C@@H]12. The summed E-state index contributed by atoms with van der Waals surface area (Å²) in [7, 11) is 1.77. The fourth-order valence-electron chi connectivity index (χ4n) is 5.66. The molecule has 0 amide bonds. The molecule has 1 aromatic carbocycles.